The minimum absolute atomic E-state index is 0.174. The summed E-state index contributed by atoms with van der Waals surface area (Å²) in [5.41, 5.74) is 0. The molecule has 3 nitrogen and oxygen atoms in total. The first-order chi connectivity index (χ1) is 8.08. The number of aliphatic hydroxyl groups is 1. The summed E-state index contributed by atoms with van der Waals surface area (Å²) in [5.74, 6) is 0. The molecule has 0 aliphatic heterocycles. The van der Waals surface area contributed by atoms with E-state index in [9.17, 15) is 5.11 Å². The Bertz CT molecular complexity index is 317. The largest absolute Gasteiger partial charge is 0.389 e. The molecule has 1 unspecified atom stereocenters. The molecule has 1 aromatic rings. The lowest BCUT2D eigenvalue weighted by atomic mass is 10.3. The van der Waals surface area contributed by atoms with Crippen molar-refractivity contribution in [3.63, 3.8) is 0 Å². The normalized spacial score (nSPS) is 13.2. The number of aliphatic hydroxyl groups excluding tert-OH is 1. The number of hydrogen-bond acceptors (Lipinski definition) is 4. The summed E-state index contributed by atoms with van der Waals surface area (Å²) in [6, 6.07) is 4.18. The van der Waals surface area contributed by atoms with Gasteiger partial charge in [0.15, 0.2) is 0 Å². The fraction of sp³-hybridized carbons (Fsp3) is 0.667. The lowest BCUT2D eigenvalue weighted by Crippen LogP contribution is -2.32. The Hall–Kier alpha value is 0.0600. The van der Waals surface area contributed by atoms with E-state index in [-0.39, 0.29) is 6.10 Å². The number of hydrogen-bond donors (Lipinski definition) is 2. The van der Waals surface area contributed by atoms with Gasteiger partial charge in [-0.05, 0) is 48.3 Å². The van der Waals surface area contributed by atoms with Crippen molar-refractivity contribution in [1.29, 1.82) is 0 Å². The first-order valence-corrected chi connectivity index (χ1v) is 7.43. The summed E-state index contributed by atoms with van der Waals surface area (Å²) in [6.07, 6.45) is 0.745. The van der Waals surface area contributed by atoms with E-state index in [1.807, 2.05) is 13.8 Å². The molecule has 0 saturated carbocycles. The van der Waals surface area contributed by atoms with Crippen LogP contribution in [0.15, 0.2) is 15.9 Å². The molecule has 1 heterocycles. The summed E-state index contributed by atoms with van der Waals surface area (Å²) in [4.78, 5) is 1.34. The van der Waals surface area contributed by atoms with Crippen LogP contribution in [0.4, 0.5) is 0 Å². The summed E-state index contributed by atoms with van der Waals surface area (Å²) in [5, 5.41) is 12.8. The molecule has 1 aromatic heterocycles. The molecule has 0 fully saturated rings. The maximum Gasteiger partial charge on any atom is 0.0897 e. The second-order valence-corrected chi connectivity index (χ2v) is 6.74. The third-order valence-corrected chi connectivity index (χ3v) is 3.86. The first-order valence-electron chi connectivity index (χ1n) is 5.82. The molecular weight excluding hydrogens is 302 g/mol. The van der Waals surface area contributed by atoms with Crippen LogP contribution in [-0.2, 0) is 11.2 Å². The molecule has 98 valence electrons. The Labute approximate surface area is 115 Å². The standard InChI is InChI=1S/C12H20BrNO2S/c1-9(2)16-8-10(15)7-14-6-5-11-3-4-12(13)17-11/h3-4,9-10,14-15H,5-8H2,1-2H3. The van der Waals surface area contributed by atoms with Gasteiger partial charge >= 0.3 is 0 Å². The quantitative estimate of drug-likeness (QED) is 0.722. The van der Waals surface area contributed by atoms with Gasteiger partial charge in [0.2, 0.25) is 0 Å². The first kappa shape index (κ1) is 15.1. The summed E-state index contributed by atoms with van der Waals surface area (Å²) < 4.78 is 6.49. The highest BCUT2D eigenvalue weighted by molar-refractivity contribution is 9.11. The van der Waals surface area contributed by atoms with Gasteiger partial charge in [0.05, 0.1) is 22.6 Å². The predicted octanol–water partition coefficient (Wildman–Crippen LogP) is 2.43. The van der Waals surface area contributed by atoms with E-state index < -0.39 is 6.10 Å². The topological polar surface area (TPSA) is 41.5 Å². The van der Waals surface area contributed by atoms with Gasteiger partial charge in [-0.1, -0.05) is 0 Å². The zero-order valence-electron chi connectivity index (χ0n) is 10.3. The lowest BCUT2D eigenvalue weighted by Gasteiger charge is -2.13. The van der Waals surface area contributed by atoms with E-state index in [1.165, 1.54) is 4.88 Å². The summed E-state index contributed by atoms with van der Waals surface area (Å²) >= 11 is 5.19. The van der Waals surface area contributed by atoms with E-state index in [1.54, 1.807) is 11.3 Å². The zero-order chi connectivity index (χ0) is 12.7. The van der Waals surface area contributed by atoms with Gasteiger partial charge in [-0.2, -0.15) is 0 Å². The molecule has 1 rings (SSSR count). The monoisotopic (exact) mass is 321 g/mol. The number of halogens is 1. The molecule has 0 aliphatic rings. The van der Waals surface area contributed by atoms with Gasteiger partial charge in [0, 0.05) is 18.0 Å². The molecule has 0 bridgehead atoms. The van der Waals surface area contributed by atoms with Crippen LogP contribution in [0.2, 0.25) is 0 Å². The number of rotatable bonds is 8. The molecule has 17 heavy (non-hydrogen) atoms. The molecule has 0 aromatic carbocycles. The van der Waals surface area contributed by atoms with Crippen molar-refractivity contribution >= 4 is 27.3 Å². The summed E-state index contributed by atoms with van der Waals surface area (Å²) in [7, 11) is 0. The van der Waals surface area contributed by atoms with Crippen molar-refractivity contribution in [3.05, 3.63) is 20.8 Å². The average molecular weight is 322 g/mol. The Morgan fingerprint density at radius 1 is 1.47 bits per heavy atom. The van der Waals surface area contributed by atoms with Gasteiger partial charge in [0.1, 0.15) is 0 Å². The van der Waals surface area contributed by atoms with E-state index >= 15 is 0 Å². The fourth-order valence-electron chi connectivity index (χ4n) is 1.33. The third-order valence-electron chi connectivity index (χ3n) is 2.18. The summed E-state index contributed by atoms with van der Waals surface area (Å²) in [6.45, 7) is 5.80. The highest BCUT2D eigenvalue weighted by atomic mass is 79.9. The van der Waals surface area contributed by atoms with Crippen molar-refractivity contribution in [3.8, 4) is 0 Å². The maximum absolute atomic E-state index is 9.61. The SMILES string of the molecule is CC(C)OCC(O)CNCCc1ccc(Br)s1. The lowest BCUT2D eigenvalue weighted by molar-refractivity contribution is 0.00652. The van der Waals surface area contributed by atoms with Crippen molar-refractivity contribution < 1.29 is 9.84 Å². The molecule has 0 aliphatic carbocycles. The van der Waals surface area contributed by atoms with Crippen molar-refractivity contribution in [2.24, 2.45) is 0 Å². The smallest absolute Gasteiger partial charge is 0.0897 e. The predicted molar refractivity (Wildman–Crippen MR) is 75.7 cm³/mol. The van der Waals surface area contributed by atoms with Crippen molar-refractivity contribution in [2.45, 2.75) is 32.5 Å². The van der Waals surface area contributed by atoms with Gasteiger partial charge in [0.25, 0.3) is 0 Å². The van der Waals surface area contributed by atoms with Crippen LogP contribution in [0.25, 0.3) is 0 Å². The van der Waals surface area contributed by atoms with E-state index in [0.717, 1.165) is 16.8 Å². The minimum atomic E-state index is -0.424. The Morgan fingerprint density at radius 2 is 2.24 bits per heavy atom. The highest BCUT2D eigenvalue weighted by Gasteiger charge is 2.05. The minimum Gasteiger partial charge on any atom is -0.389 e. The Morgan fingerprint density at radius 3 is 2.82 bits per heavy atom. The second-order valence-electron chi connectivity index (χ2n) is 4.20. The van der Waals surface area contributed by atoms with Crippen LogP contribution < -0.4 is 5.32 Å². The molecule has 1 atom stereocenters. The Kier molecular flexibility index (Phi) is 7.30. The van der Waals surface area contributed by atoms with Gasteiger partial charge in [-0.25, -0.2) is 0 Å². The van der Waals surface area contributed by atoms with Gasteiger partial charge < -0.3 is 15.2 Å². The Balaban J connectivity index is 2.03. The molecule has 2 N–H and O–H groups in total. The number of ether oxygens (including phenoxy) is 1. The van der Waals surface area contributed by atoms with Crippen LogP contribution >= 0.6 is 27.3 Å². The molecule has 0 amide bonds. The number of nitrogens with one attached hydrogen (secondary N) is 1. The van der Waals surface area contributed by atoms with E-state index in [2.05, 4.69) is 33.4 Å². The van der Waals surface area contributed by atoms with Crippen LogP contribution in [0, 0.1) is 0 Å². The van der Waals surface area contributed by atoms with Crippen LogP contribution in [-0.4, -0.2) is 37.0 Å². The molecule has 0 spiro atoms. The van der Waals surface area contributed by atoms with Crippen LogP contribution in [0.3, 0.4) is 0 Å². The van der Waals surface area contributed by atoms with Crippen LogP contribution in [0.5, 0.6) is 0 Å². The molecular formula is C12H20BrNO2S. The zero-order valence-corrected chi connectivity index (χ0v) is 12.7. The number of thiophene rings is 1. The van der Waals surface area contributed by atoms with Crippen LogP contribution in [0.1, 0.15) is 18.7 Å². The van der Waals surface area contributed by atoms with E-state index in [4.69, 9.17) is 4.74 Å². The van der Waals surface area contributed by atoms with Crippen molar-refractivity contribution in [2.75, 3.05) is 19.7 Å². The second kappa shape index (κ2) is 8.21. The van der Waals surface area contributed by atoms with Gasteiger partial charge in [-0.15, -0.1) is 11.3 Å². The fourth-order valence-corrected chi connectivity index (χ4v) is 2.81. The third kappa shape index (κ3) is 7.16. The molecule has 0 radical (unpaired) electrons. The molecule has 5 heteroatoms. The van der Waals surface area contributed by atoms with E-state index in [0.29, 0.717) is 13.2 Å². The highest BCUT2D eigenvalue weighted by Crippen LogP contribution is 2.21. The van der Waals surface area contributed by atoms with Gasteiger partial charge in [-0.3, -0.25) is 0 Å². The van der Waals surface area contributed by atoms with Crippen molar-refractivity contribution in [1.82, 2.24) is 5.32 Å². The maximum atomic E-state index is 9.61. The molecule has 0 saturated heterocycles. The average Bonchev–Trinajstić information content (AvgIpc) is 2.68.